The van der Waals surface area contributed by atoms with E-state index in [1.165, 1.54) is 6.08 Å². The number of hydrogen-bond donors (Lipinski definition) is 1. The monoisotopic (exact) mass is 401 g/mol. The fraction of sp³-hybridized carbons (Fsp3) is 0.318. The van der Waals surface area contributed by atoms with Crippen LogP contribution in [-0.2, 0) is 11.2 Å². The second-order valence-corrected chi connectivity index (χ2v) is 6.02. The summed E-state index contributed by atoms with van der Waals surface area (Å²) in [6.07, 6.45) is 3.83. The molecule has 29 heavy (non-hydrogen) atoms. The first kappa shape index (κ1) is 21.9. The molecule has 0 aliphatic rings. The highest BCUT2D eigenvalue weighted by Gasteiger charge is 2.12. The Hall–Kier alpha value is -3.35. The summed E-state index contributed by atoms with van der Waals surface area (Å²) in [6.45, 7) is 0.494. The van der Waals surface area contributed by atoms with Crippen molar-refractivity contribution in [3.05, 3.63) is 47.5 Å². The summed E-state index contributed by atoms with van der Waals surface area (Å²) in [7, 11) is 7.83. The molecule has 0 spiro atoms. The van der Waals surface area contributed by atoms with Gasteiger partial charge in [0.25, 0.3) is 0 Å². The first-order chi connectivity index (χ1) is 14.1. The molecule has 7 nitrogen and oxygen atoms in total. The van der Waals surface area contributed by atoms with Crippen LogP contribution in [0.25, 0.3) is 6.08 Å². The largest absolute Gasteiger partial charge is 0.493 e. The summed E-state index contributed by atoms with van der Waals surface area (Å²) >= 11 is 0. The quantitative estimate of drug-likeness (QED) is 0.617. The van der Waals surface area contributed by atoms with Gasteiger partial charge in [0, 0.05) is 12.6 Å². The number of ether oxygens (including phenoxy) is 5. The number of benzene rings is 2. The van der Waals surface area contributed by atoms with Gasteiger partial charge in [-0.1, -0.05) is 6.07 Å². The molecule has 0 atom stereocenters. The van der Waals surface area contributed by atoms with Gasteiger partial charge >= 0.3 is 0 Å². The number of rotatable bonds is 10. The summed E-state index contributed by atoms with van der Waals surface area (Å²) in [5, 5.41) is 2.86. The molecule has 0 saturated carbocycles. The van der Waals surface area contributed by atoms with Gasteiger partial charge in [-0.3, -0.25) is 4.79 Å². The van der Waals surface area contributed by atoms with Crippen LogP contribution in [0.4, 0.5) is 0 Å². The van der Waals surface area contributed by atoms with Crippen LogP contribution in [0.3, 0.4) is 0 Å². The molecule has 0 heterocycles. The van der Waals surface area contributed by atoms with Gasteiger partial charge in [-0.2, -0.15) is 0 Å². The van der Waals surface area contributed by atoms with Crippen LogP contribution >= 0.6 is 0 Å². The molecule has 0 aliphatic heterocycles. The molecule has 2 rings (SSSR count). The Morgan fingerprint density at radius 2 is 1.45 bits per heavy atom. The number of hydrogen-bond acceptors (Lipinski definition) is 6. The Kier molecular flexibility index (Phi) is 8.21. The number of carbonyl (C=O) groups excluding carboxylic acids is 1. The maximum Gasteiger partial charge on any atom is 0.244 e. The third kappa shape index (κ3) is 5.81. The highest BCUT2D eigenvalue weighted by molar-refractivity contribution is 5.91. The fourth-order valence-corrected chi connectivity index (χ4v) is 2.79. The normalized spacial score (nSPS) is 10.5. The van der Waals surface area contributed by atoms with Crippen LogP contribution in [0.1, 0.15) is 11.1 Å². The minimum Gasteiger partial charge on any atom is -0.493 e. The van der Waals surface area contributed by atoms with Crippen molar-refractivity contribution in [3.63, 3.8) is 0 Å². The van der Waals surface area contributed by atoms with Crippen molar-refractivity contribution in [3.8, 4) is 28.7 Å². The van der Waals surface area contributed by atoms with Crippen LogP contribution in [-0.4, -0.2) is 48.0 Å². The summed E-state index contributed by atoms with van der Waals surface area (Å²) in [5.41, 5.74) is 1.80. The Labute approximate surface area is 171 Å². The summed E-state index contributed by atoms with van der Waals surface area (Å²) in [4.78, 5) is 12.1. The highest BCUT2D eigenvalue weighted by atomic mass is 16.5. The van der Waals surface area contributed by atoms with Crippen molar-refractivity contribution < 1.29 is 28.5 Å². The van der Waals surface area contributed by atoms with Crippen LogP contribution in [0.2, 0.25) is 0 Å². The third-order valence-corrected chi connectivity index (χ3v) is 4.28. The third-order valence-electron chi connectivity index (χ3n) is 4.28. The molecule has 156 valence electrons. The van der Waals surface area contributed by atoms with E-state index in [2.05, 4.69) is 5.32 Å². The molecular formula is C22H27NO6. The molecule has 0 unspecified atom stereocenters. The standard InChI is InChI=1S/C22H27NO6/c1-25-17-8-6-15(12-18(17)26-2)10-11-23-21(24)9-7-16-13-19(27-3)22(29-5)20(14-16)28-4/h6-9,12-14H,10-11H2,1-5H3,(H,23,24). The number of carbonyl (C=O) groups is 1. The van der Waals surface area contributed by atoms with Crippen molar-refractivity contribution in [2.24, 2.45) is 0 Å². The zero-order valence-corrected chi connectivity index (χ0v) is 17.4. The van der Waals surface area contributed by atoms with E-state index < -0.39 is 0 Å². The fourth-order valence-electron chi connectivity index (χ4n) is 2.79. The Bertz CT molecular complexity index is 837. The van der Waals surface area contributed by atoms with Gasteiger partial charge in [0.05, 0.1) is 35.5 Å². The Morgan fingerprint density at radius 1 is 0.828 bits per heavy atom. The van der Waals surface area contributed by atoms with Crippen molar-refractivity contribution in [2.45, 2.75) is 6.42 Å². The van der Waals surface area contributed by atoms with Gasteiger partial charge in [-0.05, 0) is 47.9 Å². The molecular weight excluding hydrogens is 374 g/mol. The Morgan fingerprint density at radius 3 is 2.00 bits per heavy atom. The molecule has 0 saturated heterocycles. The van der Waals surface area contributed by atoms with Crippen LogP contribution in [0.5, 0.6) is 28.7 Å². The molecule has 2 aromatic carbocycles. The molecule has 0 radical (unpaired) electrons. The van der Waals surface area contributed by atoms with E-state index >= 15 is 0 Å². The molecule has 2 aromatic rings. The van der Waals surface area contributed by atoms with E-state index in [4.69, 9.17) is 23.7 Å². The average Bonchev–Trinajstić information content (AvgIpc) is 2.76. The van der Waals surface area contributed by atoms with E-state index in [1.807, 2.05) is 18.2 Å². The predicted molar refractivity (Wildman–Crippen MR) is 111 cm³/mol. The van der Waals surface area contributed by atoms with Gasteiger partial charge in [0.15, 0.2) is 23.0 Å². The number of methoxy groups -OCH3 is 5. The van der Waals surface area contributed by atoms with Crippen LogP contribution in [0, 0.1) is 0 Å². The minimum absolute atomic E-state index is 0.195. The van der Waals surface area contributed by atoms with Crippen LogP contribution in [0.15, 0.2) is 36.4 Å². The predicted octanol–water partition coefficient (Wildman–Crippen LogP) is 3.10. The van der Waals surface area contributed by atoms with Gasteiger partial charge in [0.2, 0.25) is 11.7 Å². The Balaban J connectivity index is 1.96. The molecule has 0 aromatic heterocycles. The minimum atomic E-state index is -0.195. The van der Waals surface area contributed by atoms with Gasteiger partial charge in [-0.25, -0.2) is 0 Å². The van der Waals surface area contributed by atoms with Crippen LogP contribution < -0.4 is 29.0 Å². The van der Waals surface area contributed by atoms with Gasteiger partial charge < -0.3 is 29.0 Å². The zero-order chi connectivity index (χ0) is 21.2. The van der Waals surface area contributed by atoms with Crippen molar-refractivity contribution in [2.75, 3.05) is 42.1 Å². The van der Waals surface area contributed by atoms with E-state index in [0.717, 1.165) is 11.1 Å². The van der Waals surface area contributed by atoms with Crippen molar-refractivity contribution in [1.82, 2.24) is 5.32 Å². The first-order valence-corrected chi connectivity index (χ1v) is 9.03. The molecule has 0 bridgehead atoms. The first-order valence-electron chi connectivity index (χ1n) is 9.03. The summed E-state index contributed by atoms with van der Waals surface area (Å²) < 4.78 is 26.4. The van der Waals surface area contributed by atoms with E-state index in [0.29, 0.717) is 41.7 Å². The lowest BCUT2D eigenvalue weighted by atomic mass is 10.1. The second-order valence-electron chi connectivity index (χ2n) is 6.02. The molecule has 0 fully saturated rings. The topological polar surface area (TPSA) is 75.3 Å². The maximum atomic E-state index is 12.1. The lowest BCUT2D eigenvalue weighted by Gasteiger charge is -2.12. The van der Waals surface area contributed by atoms with Gasteiger partial charge in [0.1, 0.15) is 0 Å². The van der Waals surface area contributed by atoms with E-state index in [1.54, 1.807) is 53.8 Å². The zero-order valence-electron chi connectivity index (χ0n) is 17.4. The van der Waals surface area contributed by atoms with Gasteiger partial charge in [-0.15, -0.1) is 0 Å². The summed E-state index contributed by atoms with van der Waals surface area (Å²) in [6, 6.07) is 9.24. The number of amides is 1. The highest BCUT2D eigenvalue weighted by Crippen LogP contribution is 2.38. The summed E-state index contributed by atoms with van der Waals surface area (Å²) in [5.74, 6) is 2.71. The molecule has 7 heteroatoms. The number of nitrogens with one attached hydrogen (secondary N) is 1. The van der Waals surface area contributed by atoms with Crippen molar-refractivity contribution >= 4 is 12.0 Å². The van der Waals surface area contributed by atoms with E-state index in [-0.39, 0.29) is 5.91 Å². The lowest BCUT2D eigenvalue weighted by molar-refractivity contribution is -0.116. The molecule has 0 aliphatic carbocycles. The molecule has 1 amide bonds. The van der Waals surface area contributed by atoms with Crippen molar-refractivity contribution in [1.29, 1.82) is 0 Å². The smallest absolute Gasteiger partial charge is 0.244 e. The average molecular weight is 401 g/mol. The molecule has 1 N–H and O–H groups in total. The second kappa shape index (κ2) is 10.8. The van der Waals surface area contributed by atoms with E-state index in [9.17, 15) is 4.79 Å². The SMILES string of the molecule is COc1ccc(CCNC(=O)C=Cc2cc(OC)c(OC)c(OC)c2)cc1OC. The maximum absolute atomic E-state index is 12.1. The lowest BCUT2D eigenvalue weighted by Crippen LogP contribution is -2.23.